The number of unbranched alkanes of at least 4 members (excludes halogenated alkanes) is 5. The molecule has 0 rings (SSSR count). The maximum absolute atomic E-state index is 11.1. The first kappa shape index (κ1) is 14.5. The summed E-state index contributed by atoms with van der Waals surface area (Å²) < 4.78 is 4.86. The normalized spacial score (nSPS) is 10.0. The van der Waals surface area contributed by atoms with Crippen LogP contribution in [0.2, 0.25) is 0 Å². The molecule has 0 saturated heterocycles. The van der Waals surface area contributed by atoms with Gasteiger partial charge >= 0.3 is 5.97 Å². The zero-order valence-electron chi connectivity index (χ0n) is 9.56. The zero-order valence-corrected chi connectivity index (χ0v) is 10.3. The molecule has 0 aromatic rings. The van der Waals surface area contributed by atoms with Crippen LogP contribution >= 0.6 is 11.6 Å². The molecule has 0 aliphatic rings. The third-order valence-electron chi connectivity index (χ3n) is 2.12. The van der Waals surface area contributed by atoms with Gasteiger partial charge in [0.15, 0.2) is 0 Å². The molecule has 0 unspecified atom stereocenters. The Labute approximate surface area is 97.6 Å². The first-order valence-corrected chi connectivity index (χ1v) is 6.03. The summed E-state index contributed by atoms with van der Waals surface area (Å²) in [5, 5.41) is 0.367. The number of esters is 1. The van der Waals surface area contributed by atoms with Crippen LogP contribution in [-0.2, 0) is 9.53 Å². The van der Waals surface area contributed by atoms with Gasteiger partial charge in [-0.25, -0.2) is 0 Å². The lowest BCUT2D eigenvalue weighted by molar-refractivity contribution is -0.142. The molecule has 3 heteroatoms. The molecular formula is C12H21ClO2. The largest absolute Gasteiger partial charge is 0.460 e. The lowest BCUT2D eigenvalue weighted by Gasteiger charge is -2.03. The van der Waals surface area contributed by atoms with Crippen LogP contribution in [0.3, 0.4) is 0 Å². The molecule has 88 valence electrons. The number of rotatable bonds is 9. The van der Waals surface area contributed by atoms with Crippen molar-refractivity contribution in [2.24, 2.45) is 0 Å². The molecule has 0 aliphatic heterocycles. The molecule has 0 amide bonds. The van der Waals surface area contributed by atoms with Crippen LogP contribution in [0.15, 0.2) is 11.6 Å². The Hall–Kier alpha value is -0.500. The van der Waals surface area contributed by atoms with Crippen molar-refractivity contribution >= 4 is 17.6 Å². The van der Waals surface area contributed by atoms with Gasteiger partial charge in [0.25, 0.3) is 0 Å². The van der Waals surface area contributed by atoms with E-state index < -0.39 is 0 Å². The standard InChI is InChI=1S/C12H21ClO2/c1-3-4-5-6-7-8-9-12(14)15-10-11(2)13/h2-10H2,1H3. The van der Waals surface area contributed by atoms with Crippen LogP contribution in [0.4, 0.5) is 0 Å². The van der Waals surface area contributed by atoms with Gasteiger partial charge in [-0.15, -0.1) is 0 Å². The number of halogens is 1. The Bertz CT molecular complexity index is 190. The van der Waals surface area contributed by atoms with E-state index in [9.17, 15) is 4.79 Å². The SMILES string of the molecule is C=C(Cl)COC(=O)CCCCCCCC. The first-order valence-electron chi connectivity index (χ1n) is 5.65. The van der Waals surface area contributed by atoms with E-state index in [1.807, 2.05) is 0 Å². The third kappa shape index (κ3) is 11.4. The van der Waals surface area contributed by atoms with Gasteiger partial charge in [-0.05, 0) is 6.42 Å². The maximum Gasteiger partial charge on any atom is 0.306 e. The van der Waals surface area contributed by atoms with Gasteiger partial charge in [0, 0.05) is 11.5 Å². The average molecular weight is 233 g/mol. The molecule has 0 saturated carbocycles. The van der Waals surface area contributed by atoms with Crippen molar-refractivity contribution in [1.82, 2.24) is 0 Å². The van der Waals surface area contributed by atoms with Crippen molar-refractivity contribution in [1.29, 1.82) is 0 Å². The van der Waals surface area contributed by atoms with E-state index in [-0.39, 0.29) is 12.6 Å². The summed E-state index contributed by atoms with van der Waals surface area (Å²) >= 11 is 5.47. The van der Waals surface area contributed by atoms with Crippen molar-refractivity contribution in [3.05, 3.63) is 11.6 Å². The minimum absolute atomic E-state index is 0.135. The van der Waals surface area contributed by atoms with Gasteiger partial charge in [-0.3, -0.25) is 4.79 Å². The Kier molecular flexibility index (Phi) is 9.70. The van der Waals surface area contributed by atoms with Gasteiger partial charge in [-0.2, -0.15) is 0 Å². The predicted molar refractivity (Wildman–Crippen MR) is 63.9 cm³/mol. The van der Waals surface area contributed by atoms with Crippen LogP contribution < -0.4 is 0 Å². The van der Waals surface area contributed by atoms with E-state index >= 15 is 0 Å². The highest BCUT2D eigenvalue weighted by atomic mass is 35.5. The lowest BCUT2D eigenvalue weighted by Crippen LogP contribution is -2.05. The Morgan fingerprint density at radius 1 is 1.20 bits per heavy atom. The number of ether oxygens (including phenoxy) is 1. The fourth-order valence-electron chi connectivity index (χ4n) is 1.28. The van der Waals surface area contributed by atoms with Crippen molar-refractivity contribution in [3.8, 4) is 0 Å². The topological polar surface area (TPSA) is 26.3 Å². The summed E-state index contributed by atoms with van der Waals surface area (Å²) in [6, 6.07) is 0. The maximum atomic E-state index is 11.1. The smallest absolute Gasteiger partial charge is 0.306 e. The van der Waals surface area contributed by atoms with Crippen LogP contribution in [-0.4, -0.2) is 12.6 Å². The monoisotopic (exact) mass is 232 g/mol. The van der Waals surface area contributed by atoms with E-state index in [1.165, 1.54) is 25.7 Å². The van der Waals surface area contributed by atoms with Crippen LogP contribution in [0.5, 0.6) is 0 Å². The molecule has 0 aromatic carbocycles. The summed E-state index contributed by atoms with van der Waals surface area (Å²) in [6.07, 6.45) is 7.54. The molecule has 0 N–H and O–H groups in total. The van der Waals surface area contributed by atoms with Gasteiger partial charge < -0.3 is 4.74 Å². The Balaban J connectivity index is 3.20. The summed E-state index contributed by atoms with van der Waals surface area (Å²) in [5.41, 5.74) is 0. The predicted octanol–water partition coefficient (Wildman–Crippen LogP) is 4.03. The molecule has 0 spiro atoms. The minimum Gasteiger partial charge on any atom is -0.460 e. The Morgan fingerprint density at radius 2 is 1.80 bits per heavy atom. The van der Waals surface area contributed by atoms with Gasteiger partial charge in [-0.1, -0.05) is 57.2 Å². The van der Waals surface area contributed by atoms with E-state index in [0.717, 1.165) is 12.8 Å². The van der Waals surface area contributed by atoms with Crippen molar-refractivity contribution in [2.45, 2.75) is 51.9 Å². The summed E-state index contributed by atoms with van der Waals surface area (Å²) in [4.78, 5) is 11.1. The second-order valence-electron chi connectivity index (χ2n) is 3.70. The van der Waals surface area contributed by atoms with E-state index in [2.05, 4.69) is 13.5 Å². The highest BCUT2D eigenvalue weighted by Gasteiger charge is 2.02. The van der Waals surface area contributed by atoms with E-state index in [0.29, 0.717) is 11.5 Å². The van der Waals surface area contributed by atoms with Gasteiger partial charge in [0.2, 0.25) is 0 Å². The third-order valence-corrected chi connectivity index (χ3v) is 2.23. The van der Waals surface area contributed by atoms with Crippen molar-refractivity contribution in [3.63, 3.8) is 0 Å². The zero-order chi connectivity index (χ0) is 11.5. The van der Waals surface area contributed by atoms with E-state index in [4.69, 9.17) is 16.3 Å². The fourth-order valence-corrected chi connectivity index (χ4v) is 1.34. The van der Waals surface area contributed by atoms with Crippen molar-refractivity contribution in [2.75, 3.05) is 6.61 Å². The molecule has 0 radical (unpaired) electrons. The highest BCUT2D eigenvalue weighted by Crippen LogP contribution is 2.08. The number of carbonyl (C=O) groups excluding carboxylic acids is 1. The van der Waals surface area contributed by atoms with Crippen molar-refractivity contribution < 1.29 is 9.53 Å². The highest BCUT2D eigenvalue weighted by molar-refractivity contribution is 6.29. The molecule has 0 heterocycles. The first-order chi connectivity index (χ1) is 7.16. The minimum atomic E-state index is -0.174. The molecule has 0 aromatic heterocycles. The molecule has 0 bridgehead atoms. The van der Waals surface area contributed by atoms with E-state index in [1.54, 1.807) is 0 Å². The molecule has 2 nitrogen and oxygen atoms in total. The molecule has 0 fully saturated rings. The molecule has 0 atom stereocenters. The molecule has 0 aliphatic carbocycles. The molecular weight excluding hydrogens is 212 g/mol. The fraction of sp³-hybridized carbons (Fsp3) is 0.750. The number of hydrogen-bond acceptors (Lipinski definition) is 2. The van der Waals surface area contributed by atoms with Gasteiger partial charge in [0.1, 0.15) is 6.61 Å². The molecule has 15 heavy (non-hydrogen) atoms. The number of hydrogen-bond donors (Lipinski definition) is 0. The quantitative estimate of drug-likeness (QED) is 0.443. The van der Waals surface area contributed by atoms with Crippen LogP contribution in [0.1, 0.15) is 51.9 Å². The number of carbonyl (C=O) groups is 1. The lowest BCUT2D eigenvalue weighted by atomic mass is 10.1. The van der Waals surface area contributed by atoms with Crippen LogP contribution in [0, 0.1) is 0 Å². The average Bonchev–Trinajstić information content (AvgIpc) is 2.20. The Morgan fingerprint density at radius 3 is 2.40 bits per heavy atom. The summed E-state index contributed by atoms with van der Waals surface area (Å²) in [7, 11) is 0. The summed E-state index contributed by atoms with van der Waals surface area (Å²) in [6.45, 7) is 5.77. The second kappa shape index (κ2) is 10.0. The second-order valence-corrected chi connectivity index (χ2v) is 4.23. The van der Waals surface area contributed by atoms with Gasteiger partial charge in [0.05, 0.1) is 0 Å². The van der Waals surface area contributed by atoms with Crippen LogP contribution in [0.25, 0.3) is 0 Å². The summed E-state index contributed by atoms with van der Waals surface area (Å²) in [5.74, 6) is -0.174.